The quantitative estimate of drug-likeness (QED) is 0.781. The fraction of sp³-hybridized carbons (Fsp3) is 0.125. The number of amides is 1. The van der Waals surface area contributed by atoms with Gasteiger partial charge >= 0.3 is 0 Å². The van der Waals surface area contributed by atoms with Crippen molar-refractivity contribution in [3.8, 4) is 0 Å². The van der Waals surface area contributed by atoms with Gasteiger partial charge in [0.2, 0.25) is 0 Å². The lowest BCUT2D eigenvalue weighted by molar-refractivity contribution is 0.0923. The third-order valence-electron chi connectivity index (χ3n) is 3.19. The Morgan fingerprint density at radius 1 is 1.14 bits per heavy atom. The summed E-state index contributed by atoms with van der Waals surface area (Å²) in [5.41, 5.74) is 2.19. The number of furan rings is 1. The van der Waals surface area contributed by atoms with E-state index in [1.165, 1.54) is 6.26 Å². The Bertz CT molecular complexity index is 703. The van der Waals surface area contributed by atoms with Gasteiger partial charge in [-0.3, -0.25) is 9.48 Å². The first kappa shape index (κ1) is 13.2. The molecule has 0 fully saturated rings. The SMILES string of the molecule is O=C(NCc1ccccc1Cn1cccn1)c1ccco1. The molecule has 0 atom stereocenters. The van der Waals surface area contributed by atoms with Crippen LogP contribution in [0.25, 0.3) is 0 Å². The highest BCUT2D eigenvalue weighted by atomic mass is 16.3. The monoisotopic (exact) mass is 281 g/mol. The largest absolute Gasteiger partial charge is 0.459 e. The Morgan fingerprint density at radius 3 is 2.71 bits per heavy atom. The van der Waals surface area contributed by atoms with Gasteiger partial charge in [0.15, 0.2) is 5.76 Å². The first-order valence-electron chi connectivity index (χ1n) is 6.69. The minimum Gasteiger partial charge on any atom is -0.459 e. The molecular formula is C16H15N3O2. The lowest BCUT2D eigenvalue weighted by Gasteiger charge is -2.10. The van der Waals surface area contributed by atoms with Crippen LogP contribution in [0.4, 0.5) is 0 Å². The summed E-state index contributed by atoms with van der Waals surface area (Å²) in [5.74, 6) is 0.105. The molecule has 1 N–H and O–H groups in total. The van der Waals surface area contributed by atoms with Gasteiger partial charge in [0.1, 0.15) is 0 Å². The second kappa shape index (κ2) is 6.09. The van der Waals surface area contributed by atoms with Crippen LogP contribution < -0.4 is 5.32 Å². The molecular weight excluding hydrogens is 266 g/mol. The Hall–Kier alpha value is -2.82. The maximum absolute atomic E-state index is 11.9. The molecule has 0 aliphatic carbocycles. The van der Waals surface area contributed by atoms with Crippen molar-refractivity contribution in [3.63, 3.8) is 0 Å². The number of hydrogen-bond acceptors (Lipinski definition) is 3. The summed E-state index contributed by atoms with van der Waals surface area (Å²) in [6.45, 7) is 1.14. The molecule has 0 spiro atoms. The van der Waals surface area contributed by atoms with Crippen LogP contribution in [0, 0.1) is 0 Å². The van der Waals surface area contributed by atoms with Crippen molar-refractivity contribution in [1.29, 1.82) is 0 Å². The van der Waals surface area contributed by atoms with Crippen molar-refractivity contribution in [2.45, 2.75) is 13.1 Å². The number of nitrogens with zero attached hydrogens (tertiary/aromatic N) is 2. The molecule has 2 aromatic heterocycles. The molecule has 106 valence electrons. The fourth-order valence-electron chi connectivity index (χ4n) is 2.12. The van der Waals surface area contributed by atoms with Crippen LogP contribution in [-0.4, -0.2) is 15.7 Å². The van der Waals surface area contributed by atoms with Gasteiger partial charge in [-0.15, -0.1) is 0 Å². The molecule has 1 aromatic carbocycles. The lowest BCUT2D eigenvalue weighted by atomic mass is 10.1. The molecule has 21 heavy (non-hydrogen) atoms. The van der Waals surface area contributed by atoms with E-state index in [0.29, 0.717) is 18.8 Å². The van der Waals surface area contributed by atoms with E-state index in [-0.39, 0.29) is 5.91 Å². The van der Waals surface area contributed by atoms with Gasteiger partial charge in [-0.05, 0) is 29.3 Å². The molecule has 3 aromatic rings. The zero-order chi connectivity index (χ0) is 14.5. The third-order valence-corrected chi connectivity index (χ3v) is 3.19. The average Bonchev–Trinajstić information content (AvgIpc) is 3.19. The lowest BCUT2D eigenvalue weighted by Crippen LogP contribution is -2.23. The van der Waals surface area contributed by atoms with Crippen molar-refractivity contribution >= 4 is 5.91 Å². The van der Waals surface area contributed by atoms with Crippen LogP contribution >= 0.6 is 0 Å². The standard InChI is InChI=1S/C16H15N3O2/c20-16(15-7-3-10-21-15)17-11-13-5-1-2-6-14(13)12-19-9-4-8-18-19/h1-10H,11-12H2,(H,17,20). The zero-order valence-electron chi connectivity index (χ0n) is 11.4. The Balaban J connectivity index is 1.69. The zero-order valence-corrected chi connectivity index (χ0v) is 11.4. The third kappa shape index (κ3) is 3.20. The van der Waals surface area contributed by atoms with Gasteiger partial charge < -0.3 is 9.73 Å². The number of rotatable bonds is 5. The summed E-state index contributed by atoms with van der Waals surface area (Å²) in [5, 5.41) is 7.06. The molecule has 0 aliphatic heterocycles. The predicted octanol–water partition coefficient (Wildman–Crippen LogP) is 2.45. The van der Waals surface area contributed by atoms with Crippen LogP contribution in [0.2, 0.25) is 0 Å². The second-order valence-electron chi connectivity index (χ2n) is 4.63. The van der Waals surface area contributed by atoms with Crippen molar-refractivity contribution in [3.05, 3.63) is 78.0 Å². The highest BCUT2D eigenvalue weighted by Gasteiger charge is 2.09. The molecule has 0 unspecified atom stereocenters. The van der Waals surface area contributed by atoms with Gasteiger partial charge in [0.25, 0.3) is 5.91 Å². The molecule has 5 nitrogen and oxygen atoms in total. The molecule has 5 heteroatoms. The summed E-state index contributed by atoms with van der Waals surface area (Å²) in [7, 11) is 0. The minimum absolute atomic E-state index is 0.214. The molecule has 0 saturated heterocycles. The number of aromatic nitrogens is 2. The van der Waals surface area contributed by atoms with Crippen LogP contribution in [-0.2, 0) is 13.1 Å². The second-order valence-corrected chi connectivity index (χ2v) is 4.63. The van der Waals surface area contributed by atoms with Crippen molar-refractivity contribution in [2.24, 2.45) is 0 Å². The van der Waals surface area contributed by atoms with Crippen molar-refractivity contribution < 1.29 is 9.21 Å². The molecule has 2 heterocycles. The van der Waals surface area contributed by atoms with E-state index >= 15 is 0 Å². The van der Waals surface area contributed by atoms with E-state index in [1.807, 2.05) is 41.2 Å². The van der Waals surface area contributed by atoms with E-state index in [2.05, 4.69) is 10.4 Å². The number of carbonyl (C=O) groups is 1. The number of hydrogen-bond donors (Lipinski definition) is 1. The van der Waals surface area contributed by atoms with Crippen LogP contribution in [0.15, 0.2) is 65.5 Å². The van der Waals surface area contributed by atoms with E-state index in [9.17, 15) is 4.79 Å². The summed E-state index contributed by atoms with van der Waals surface area (Å²) >= 11 is 0. The maximum atomic E-state index is 11.9. The van der Waals surface area contributed by atoms with Crippen LogP contribution in [0.1, 0.15) is 21.7 Å². The smallest absolute Gasteiger partial charge is 0.287 e. The molecule has 1 amide bonds. The molecule has 0 radical (unpaired) electrons. The van der Waals surface area contributed by atoms with Gasteiger partial charge in [-0.2, -0.15) is 5.10 Å². The highest BCUT2D eigenvalue weighted by Crippen LogP contribution is 2.11. The number of carbonyl (C=O) groups excluding carboxylic acids is 1. The normalized spacial score (nSPS) is 10.5. The van der Waals surface area contributed by atoms with Crippen LogP contribution in [0.3, 0.4) is 0 Å². The van der Waals surface area contributed by atoms with Crippen molar-refractivity contribution in [1.82, 2.24) is 15.1 Å². The molecule has 0 bridgehead atoms. The summed E-state index contributed by atoms with van der Waals surface area (Å²) < 4.78 is 6.93. The average molecular weight is 281 g/mol. The number of benzene rings is 1. The molecule has 3 rings (SSSR count). The van der Waals surface area contributed by atoms with E-state index in [1.54, 1.807) is 18.3 Å². The van der Waals surface area contributed by atoms with Gasteiger partial charge in [0, 0.05) is 18.9 Å². The first-order chi connectivity index (χ1) is 10.3. The summed E-state index contributed by atoms with van der Waals surface area (Å²) in [4.78, 5) is 11.9. The first-order valence-corrected chi connectivity index (χ1v) is 6.69. The Kier molecular flexibility index (Phi) is 3.82. The van der Waals surface area contributed by atoms with Gasteiger partial charge in [0.05, 0.1) is 12.8 Å². The van der Waals surface area contributed by atoms with E-state index < -0.39 is 0 Å². The Labute approximate surface area is 122 Å². The van der Waals surface area contributed by atoms with E-state index in [4.69, 9.17) is 4.42 Å². The number of nitrogens with one attached hydrogen (secondary N) is 1. The predicted molar refractivity (Wildman–Crippen MR) is 77.6 cm³/mol. The maximum Gasteiger partial charge on any atom is 0.287 e. The van der Waals surface area contributed by atoms with Crippen molar-refractivity contribution in [2.75, 3.05) is 0 Å². The summed E-state index contributed by atoms with van der Waals surface area (Å²) in [6.07, 6.45) is 5.15. The molecule has 0 saturated carbocycles. The summed E-state index contributed by atoms with van der Waals surface area (Å²) in [6, 6.07) is 13.2. The van der Waals surface area contributed by atoms with Gasteiger partial charge in [-0.25, -0.2) is 0 Å². The minimum atomic E-state index is -0.214. The van der Waals surface area contributed by atoms with E-state index in [0.717, 1.165) is 11.1 Å². The molecule has 0 aliphatic rings. The Morgan fingerprint density at radius 2 is 2.00 bits per heavy atom. The van der Waals surface area contributed by atoms with Crippen LogP contribution in [0.5, 0.6) is 0 Å². The van der Waals surface area contributed by atoms with Gasteiger partial charge in [-0.1, -0.05) is 24.3 Å². The fourth-order valence-corrected chi connectivity index (χ4v) is 2.12. The topological polar surface area (TPSA) is 60.1 Å². The highest BCUT2D eigenvalue weighted by molar-refractivity contribution is 5.91.